The molecule has 1 aromatic heterocycles. The summed E-state index contributed by atoms with van der Waals surface area (Å²) < 4.78 is 50.3. The van der Waals surface area contributed by atoms with Gasteiger partial charge in [-0.2, -0.15) is 0 Å². The zero-order valence-corrected chi connectivity index (χ0v) is 6.90. The van der Waals surface area contributed by atoms with Gasteiger partial charge in [0.25, 0.3) is 0 Å². The largest absolute Gasteiger partial charge is 0.511 e. The van der Waals surface area contributed by atoms with E-state index in [1.165, 1.54) is 12.3 Å². The van der Waals surface area contributed by atoms with Gasteiger partial charge in [-0.25, -0.2) is 4.39 Å². The first kappa shape index (κ1) is 9.11. The van der Waals surface area contributed by atoms with E-state index in [-0.39, 0.29) is 10.9 Å². The number of nitrogens with one attached hydrogen (secondary N) is 1. The summed E-state index contributed by atoms with van der Waals surface area (Å²) in [6, 6.07) is 2.88. The summed E-state index contributed by atoms with van der Waals surface area (Å²) in [4.78, 5) is 2.39. The third kappa shape index (κ3) is 1.27. The zero-order chi connectivity index (χ0) is 10.3. The van der Waals surface area contributed by atoms with E-state index in [9.17, 15) is 17.3 Å². The van der Waals surface area contributed by atoms with Crippen molar-refractivity contribution in [2.45, 2.75) is 0 Å². The standard InChI is InChI=1S/C8H5BF4N/c10-7-2-1-6(9(11,12)13)8-5(7)3-4-14-8/h1-4,14H/q-1. The van der Waals surface area contributed by atoms with Crippen LogP contribution in [-0.4, -0.2) is 12.0 Å². The molecule has 0 amide bonds. The molecule has 2 aromatic rings. The van der Waals surface area contributed by atoms with Gasteiger partial charge < -0.3 is 17.9 Å². The molecule has 6 heteroatoms. The van der Waals surface area contributed by atoms with Crippen LogP contribution in [-0.2, 0) is 0 Å². The Morgan fingerprint density at radius 3 is 2.43 bits per heavy atom. The van der Waals surface area contributed by atoms with Crippen LogP contribution in [0.2, 0.25) is 0 Å². The van der Waals surface area contributed by atoms with Gasteiger partial charge >= 0.3 is 6.98 Å². The third-order valence-electron chi connectivity index (χ3n) is 2.05. The SMILES string of the molecule is Fc1ccc([B-](F)(F)F)c2[nH]ccc12. The number of fused-ring (bicyclic) bond motifs is 1. The van der Waals surface area contributed by atoms with E-state index in [0.717, 1.165) is 12.1 Å². The maximum Gasteiger partial charge on any atom is 0.511 e. The number of aromatic nitrogens is 1. The first-order valence-corrected chi connectivity index (χ1v) is 3.95. The predicted molar refractivity (Wildman–Crippen MR) is 47.0 cm³/mol. The highest BCUT2D eigenvalue weighted by molar-refractivity contribution is 6.75. The topological polar surface area (TPSA) is 15.8 Å². The number of benzene rings is 1. The molecule has 2 rings (SSSR count). The number of hydrogen-bond donors (Lipinski definition) is 1. The molecule has 0 atom stereocenters. The predicted octanol–water partition coefficient (Wildman–Crippen LogP) is 2.36. The van der Waals surface area contributed by atoms with Gasteiger partial charge in [0.1, 0.15) is 5.82 Å². The summed E-state index contributed by atoms with van der Waals surface area (Å²) in [6.07, 6.45) is 1.29. The fourth-order valence-electron chi connectivity index (χ4n) is 1.42. The zero-order valence-electron chi connectivity index (χ0n) is 6.90. The smallest absolute Gasteiger partial charge is 0.445 e. The highest BCUT2D eigenvalue weighted by Crippen LogP contribution is 2.19. The third-order valence-corrected chi connectivity index (χ3v) is 2.05. The van der Waals surface area contributed by atoms with E-state index in [1.54, 1.807) is 0 Å². The Morgan fingerprint density at radius 1 is 1.07 bits per heavy atom. The van der Waals surface area contributed by atoms with E-state index < -0.39 is 18.3 Å². The van der Waals surface area contributed by atoms with E-state index in [2.05, 4.69) is 4.98 Å². The Labute approximate surface area is 76.8 Å². The van der Waals surface area contributed by atoms with Crippen molar-refractivity contribution in [3.63, 3.8) is 0 Å². The monoisotopic (exact) mass is 202 g/mol. The Balaban J connectivity index is 2.80. The number of aromatic amines is 1. The lowest BCUT2D eigenvalue weighted by atomic mass is 9.79. The van der Waals surface area contributed by atoms with Crippen LogP contribution in [0.25, 0.3) is 10.9 Å². The molecule has 0 aliphatic heterocycles. The average molecular weight is 202 g/mol. The van der Waals surface area contributed by atoms with Crippen LogP contribution in [0.3, 0.4) is 0 Å². The highest BCUT2D eigenvalue weighted by Gasteiger charge is 2.28. The van der Waals surface area contributed by atoms with Gasteiger partial charge in [0.15, 0.2) is 0 Å². The highest BCUT2D eigenvalue weighted by atomic mass is 19.4. The summed E-state index contributed by atoms with van der Waals surface area (Å²) in [5.41, 5.74) is -0.969. The van der Waals surface area contributed by atoms with E-state index in [0.29, 0.717) is 0 Å². The maximum atomic E-state index is 13.0. The van der Waals surface area contributed by atoms with Crippen molar-refractivity contribution in [3.8, 4) is 0 Å². The van der Waals surface area contributed by atoms with Gasteiger partial charge in [0, 0.05) is 17.1 Å². The van der Waals surface area contributed by atoms with Crippen LogP contribution in [0.1, 0.15) is 0 Å². The molecule has 0 radical (unpaired) electrons. The number of H-pyrrole nitrogens is 1. The molecule has 14 heavy (non-hydrogen) atoms. The lowest BCUT2D eigenvalue weighted by molar-refractivity contribution is 0.501. The number of hydrogen-bond acceptors (Lipinski definition) is 0. The van der Waals surface area contributed by atoms with Gasteiger partial charge in [-0.05, 0) is 12.1 Å². The van der Waals surface area contributed by atoms with Gasteiger partial charge in [0.05, 0.1) is 0 Å². The van der Waals surface area contributed by atoms with Crippen molar-refractivity contribution >= 4 is 23.3 Å². The van der Waals surface area contributed by atoms with Crippen LogP contribution in [0, 0.1) is 5.82 Å². The minimum atomic E-state index is -5.10. The molecule has 0 spiro atoms. The lowest BCUT2D eigenvalue weighted by Crippen LogP contribution is -2.34. The molecule has 0 fully saturated rings. The molecule has 0 saturated heterocycles. The van der Waals surface area contributed by atoms with Crippen LogP contribution in [0.4, 0.5) is 17.3 Å². The molecule has 0 aliphatic rings. The van der Waals surface area contributed by atoms with Gasteiger partial charge in [-0.15, -0.1) is 0 Å². The van der Waals surface area contributed by atoms with Crippen molar-refractivity contribution in [1.82, 2.24) is 4.98 Å². The summed E-state index contributed by atoms with van der Waals surface area (Å²) >= 11 is 0. The average Bonchev–Trinajstić information content (AvgIpc) is 2.50. The van der Waals surface area contributed by atoms with Gasteiger partial charge in [0.2, 0.25) is 0 Å². The Hall–Kier alpha value is -1.46. The van der Waals surface area contributed by atoms with E-state index in [1.807, 2.05) is 0 Å². The molecule has 0 saturated carbocycles. The molecule has 1 aromatic carbocycles. The molecule has 0 bridgehead atoms. The number of rotatable bonds is 1. The van der Waals surface area contributed by atoms with Crippen LogP contribution in [0.5, 0.6) is 0 Å². The van der Waals surface area contributed by atoms with Crippen LogP contribution < -0.4 is 5.46 Å². The quantitative estimate of drug-likeness (QED) is 0.539. The summed E-state index contributed by atoms with van der Waals surface area (Å²) in [7, 11) is 0. The van der Waals surface area contributed by atoms with Crippen molar-refractivity contribution in [3.05, 3.63) is 30.2 Å². The molecule has 1 nitrogen and oxygen atoms in total. The normalized spacial score (nSPS) is 12.3. The van der Waals surface area contributed by atoms with Gasteiger partial charge in [-0.1, -0.05) is 11.5 Å². The molecule has 0 aliphatic carbocycles. The fourth-order valence-corrected chi connectivity index (χ4v) is 1.42. The Bertz CT molecular complexity index is 474. The van der Waals surface area contributed by atoms with E-state index in [4.69, 9.17) is 0 Å². The van der Waals surface area contributed by atoms with Crippen LogP contribution in [0.15, 0.2) is 24.4 Å². The summed E-state index contributed by atoms with van der Waals surface area (Å²) in [5.74, 6) is -0.648. The number of halogens is 4. The summed E-state index contributed by atoms with van der Waals surface area (Å²) in [6.45, 7) is -5.10. The molecule has 1 heterocycles. The summed E-state index contributed by atoms with van der Waals surface area (Å²) in [5, 5.41) is -0.0262. The molecule has 0 unspecified atom stereocenters. The molecular formula is C8H5BF4N-. The first-order chi connectivity index (χ1) is 6.50. The first-order valence-electron chi connectivity index (χ1n) is 3.95. The molecular weight excluding hydrogens is 197 g/mol. The van der Waals surface area contributed by atoms with Gasteiger partial charge in [-0.3, -0.25) is 0 Å². The minimum absolute atomic E-state index is 0.0262. The lowest BCUT2D eigenvalue weighted by Gasteiger charge is -2.15. The minimum Gasteiger partial charge on any atom is -0.445 e. The van der Waals surface area contributed by atoms with Crippen LogP contribution >= 0.6 is 0 Å². The Morgan fingerprint density at radius 2 is 1.79 bits per heavy atom. The second-order valence-corrected chi connectivity index (χ2v) is 2.98. The van der Waals surface area contributed by atoms with E-state index >= 15 is 0 Å². The second-order valence-electron chi connectivity index (χ2n) is 2.98. The maximum absolute atomic E-state index is 13.0. The molecule has 74 valence electrons. The van der Waals surface area contributed by atoms with Crippen molar-refractivity contribution in [2.75, 3.05) is 0 Å². The second kappa shape index (κ2) is 2.77. The fraction of sp³-hybridized carbons (Fsp3) is 0. The van der Waals surface area contributed by atoms with Crippen molar-refractivity contribution in [2.24, 2.45) is 0 Å². The Kier molecular flexibility index (Phi) is 1.80. The van der Waals surface area contributed by atoms with Crippen molar-refractivity contribution < 1.29 is 17.3 Å². The molecule has 1 N–H and O–H groups in total. The van der Waals surface area contributed by atoms with Crippen molar-refractivity contribution in [1.29, 1.82) is 0 Å².